The summed E-state index contributed by atoms with van der Waals surface area (Å²) in [6.07, 6.45) is 3.89. The summed E-state index contributed by atoms with van der Waals surface area (Å²) in [7, 11) is 4.67. The molecule has 1 amide bonds. The molecule has 1 atom stereocenters. The molecule has 30 heavy (non-hydrogen) atoms. The number of ether oxygens (including phenoxy) is 4. The Labute approximate surface area is 177 Å². The molecule has 3 rings (SSSR count). The Balaban J connectivity index is 1.83. The van der Waals surface area contributed by atoms with Gasteiger partial charge in [0.05, 0.1) is 27.4 Å². The summed E-state index contributed by atoms with van der Waals surface area (Å²) >= 11 is 0. The molecule has 0 spiro atoms. The van der Waals surface area contributed by atoms with Crippen LogP contribution in [0, 0.1) is 6.92 Å². The molecular weight excluding hydrogens is 382 g/mol. The molecule has 1 N–H and O–H groups in total. The maximum atomic E-state index is 12.7. The Hall–Kier alpha value is -3.15. The summed E-state index contributed by atoms with van der Waals surface area (Å²) in [6, 6.07) is 9.51. The largest absolute Gasteiger partial charge is 0.493 e. The lowest BCUT2D eigenvalue weighted by Crippen LogP contribution is -2.41. The first-order valence-corrected chi connectivity index (χ1v) is 9.85. The van der Waals surface area contributed by atoms with Crippen molar-refractivity contribution >= 4 is 12.0 Å². The lowest BCUT2D eigenvalue weighted by Gasteiger charge is -2.38. The molecule has 0 saturated carbocycles. The summed E-state index contributed by atoms with van der Waals surface area (Å²) in [6.45, 7) is 6.08. The fourth-order valence-electron chi connectivity index (χ4n) is 3.74. The highest BCUT2D eigenvalue weighted by molar-refractivity contribution is 5.92. The minimum Gasteiger partial charge on any atom is -0.493 e. The molecule has 0 bridgehead atoms. The van der Waals surface area contributed by atoms with E-state index < -0.39 is 0 Å². The third-order valence-corrected chi connectivity index (χ3v) is 5.09. The van der Waals surface area contributed by atoms with Crippen molar-refractivity contribution in [2.75, 3.05) is 21.3 Å². The number of rotatable bonds is 6. The van der Waals surface area contributed by atoms with E-state index in [2.05, 4.69) is 11.4 Å². The Bertz CT molecular complexity index is 964. The van der Waals surface area contributed by atoms with Gasteiger partial charge in [-0.1, -0.05) is 17.7 Å². The normalized spacial score (nSPS) is 17.1. The number of aryl methyl sites for hydroxylation is 1. The highest BCUT2D eigenvalue weighted by Crippen LogP contribution is 2.41. The molecule has 1 aliphatic rings. The van der Waals surface area contributed by atoms with E-state index in [9.17, 15) is 4.79 Å². The molecule has 0 saturated heterocycles. The Kier molecular flexibility index (Phi) is 6.25. The van der Waals surface area contributed by atoms with E-state index in [0.717, 1.165) is 16.9 Å². The van der Waals surface area contributed by atoms with Gasteiger partial charge in [0.25, 0.3) is 0 Å². The molecule has 1 unspecified atom stereocenters. The Morgan fingerprint density at radius 2 is 1.83 bits per heavy atom. The number of hydrogen-bond donors (Lipinski definition) is 1. The predicted octanol–water partition coefficient (Wildman–Crippen LogP) is 4.45. The summed E-state index contributed by atoms with van der Waals surface area (Å²) in [5, 5.41) is 3.11. The van der Waals surface area contributed by atoms with Crippen molar-refractivity contribution in [2.45, 2.75) is 38.8 Å². The summed E-state index contributed by atoms with van der Waals surface area (Å²) in [5.41, 5.74) is 2.48. The lowest BCUT2D eigenvalue weighted by atomic mass is 9.89. The Morgan fingerprint density at radius 3 is 2.50 bits per heavy atom. The number of amides is 1. The third kappa shape index (κ3) is 4.53. The zero-order valence-electron chi connectivity index (χ0n) is 18.4. The van der Waals surface area contributed by atoms with Gasteiger partial charge in [-0.3, -0.25) is 4.79 Å². The van der Waals surface area contributed by atoms with Crippen LogP contribution in [-0.2, 0) is 4.79 Å². The second kappa shape index (κ2) is 8.69. The maximum absolute atomic E-state index is 12.7. The molecule has 2 aromatic carbocycles. The predicted molar refractivity (Wildman–Crippen MR) is 117 cm³/mol. The van der Waals surface area contributed by atoms with Gasteiger partial charge in [0.2, 0.25) is 11.7 Å². The minimum absolute atomic E-state index is 0.131. The van der Waals surface area contributed by atoms with E-state index in [1.807, 2.05) is 39.0 Å². The van der Waals surface area contributed by atoms with Crippen LogP contribution < -0.4 is 24.3 Å². The van der Waals surface area contributed by atoms with Gasteiger partial charge in [-0.25, -0.2) is 0 Å². The molecule has 0 aliphatic carbocycles. The minimum atomic E-state index is -0.365. The lowest BCUT2D eigenvalue weighted by molar-refractivity contribution is -0.117. The number of benzene rings is 2. The Morgan fingerprint density at radius 1 is 1.10 bits per heavy atom. The number of carbonyl (C=O) groups excluding carboxylic acids is 1. The second-order valence-electron chi connectivity index (χ2n) is 7.93. The van der Waals surface area contributed by atoms with E-state index in [-0.39, 0.29) is 17.6 Å². The smallest absolute Gasteiger partial charge is 0.244 e. The first-order valence-electron chi connectivity index (χ1n) is 9.85. The van der Waals surface area contributed by atoms with Crippen molar-refractivity contribution < 1.29 is 23.7 Å². The highest BCUT2D eigenvalue weighted by Gasteiger charge is 2.34. The average Bonchev–Trinajstić information content (AvgIpc) is 2.71. The number of methoxy groups -OCH3 is 3. The molecule has 6 nitrogen and oxygen atoms in total. The van der Waals surface area contributed by atoms with Crippen LogP contribution in [0.15, 0.2) is 36.4 Å². The molecule has 1 aliphatic heterocycles. The summed E-state index contributed by atoms with van der Waals surface area (Å²) < 4.78 is 22.3. The van der Waals surface area contributed by atoms with Gasteiger partial charge in [-0.2, -0.15) is 0 Å². The van der Waals surface area contributed by atoms with Crippen LogP contribution in [0.1, 0.15) is 43.0 Å². The number of carbonyl (C=O) groups is 1. The number of nitrogens with one attached hydrogen (secondary N) is 1. The number of fused-ring (bicyclic) bond motifs is 1. The quantitative estimate of drug-likeness (QED) is 0.712. The van der Waals surface area contributed by atoms with Crippen LogP contribution >= 0.6 is 0 Å². The molecule has 6 heteroatoms. The van der Waals surface area contributed by atoms with Gasteiger partial charge >= 0.3 is 0 Å². The first-order chi connectivity index (χ1) is 14.3. The molecule has 2 aromatic rings. The van der Waals surface area contributed by atoms with Crippen LogP contribution in [0.3, 0.4) is 0 Å². The zero-order chi connectivity index (χ0) is 21.9. The van der Waals surface area contributed by atoms with Crippen molar-refractivity contribution in [3.63, 3.8) is 0 Å². The highest BCUT2D eigenvalue weighted by atomic mass is 16.5. The van der Waals surface area contributed by atoms with Crippen LogP contribution in [0.5, 0.6) is 23.0 Å². The van der Waals surface area contributed by atoms with Crippen molar-refractivity contribution in [2.24, 2.45) is 0 Å². The zero-order valence-corrected chi connectivity index (χ0v) is 18.4. The van der Waals surface area contributed by atoms with E-state index in [1.54, 1.807) is 33.5 Å². The fourth-order valence-corrected chi connectivity index (χ4v) is 3.74. The topological polar surface area (TPSA) is 66.0 Å². The van der Waals surface area contributed by atoms with Gasteiger partial charge < -0.3 is 24.3 Å². The molecule has 0 fully saturated rings. The molecule has 0 aromatic heterocycles. The molecule has 1 heterocycles. The second-order valence-corrected chi connectivity index (χ2v) is 7.93. The van der Waals surface area contributed by atoms with Crippen LogP contribution in [0.2, 0.25) is 0 Å². The standard InChI is InChI=1S/C24H29NO5/c1-15-7-10-19-17(13-15)18(14-24(2,3)30-19)25-21(26)12-9-16-8-11-20(27-4)23(29-6)22(16)28-5/h7-13,18H,14H2,1-6H3,(H,25,26)/b12-9+. The first kappa shape index (κ1) is 21.6. The SMILES string of the molecule is COc1ccc(/C=C/C(=O)NC2CC(C)(C)Oc3ccc(C)cc32)c(OC)c1OC. The van der Waals surface area contributed by atoms with Gasteiger partial charge in [0, 0.05) is 23.6 Å². The molecule has 0 radical (unpaired) electrons. The maximum Gasteiger partial charge on any atom is 0.244 e. The van der Waals surface area contributed by atoms with E-state index in [1.165, 1.54) is 6.08 Å². The van der Waals surface area contributed by atoms with E-state index >= 15 is 0 Å². The van der Waals surface area contributed by atoms with Crippen molar-refractivity contribution in [1.82, 2.24) is 5.32 Å². The third-order valence-electron chi connectivity index (χ3n) is 5.09. The van der Waals surface area contributed by atoms with Crippen LogP contribution in [-0.4, -0.2) is 32.8 Å². The van der Waals surface area contributed by atoms with Gasteiger partial charge in [-0.15, -0.1) is 0 Å². The van der Waals surface area contributed by atoms with Gasteiger partial charge in [-0.05, 0) is 45.0 Å². The van der Waals surface area contributed by atoms with Gasteiger partial charge in [0.1, 0.15) is 11.4 Å². The summed E-state index contributed by atoms with van der Waals surface area (Å²) in [4.78, 5) is 12.7. The molecular formula is C24H29NO5. The van der Waals surface area contributed by atoms with E-state index in [0.29, 0.717) is 29.2 Å². The van der Waals surface area contributed by atoms with Crippen molar-refractivity contribution in [1.29, 1.82) is 0 Å². The monoisotopic (exact) mass is 411 g/mol. The average molecular weight is 411 g/mol. The van der Waals surface area contributed by atoms with Crippen molar-refractivity contribution in [3.05, 3.63) is 53.1 Å². The fraction of sp³-hybridized carbons (Fsp3) is 0.375. The number of hydrogen-bond acceptors (Lipinski definition) is 5. The van der Waals surface area contributed by atoms with E-state index in [4.69, 9.17) is 18.9 Å². The molecule has 160 valence electrons. The van der Waals surface area contributed by atoms with Gasteiger partial charge in [0.15, 0.2) is 11.5 Å². The summed E-state index contributed by atoms with van der Waals surface area (Å²) in [5.74, 6) is 2.18. The van der Waals surface area contributed by atoms with Crippen LogP contribution in [0.4, 0.5) is 0 Å². The van der Waals surface area contributed by atoms with Crippen LogP contribution in [0.25, 0.3) is 6.08 Å². The van der Waals surface area contributed by atoms with Crippen molar-refractivity contribution in [3.8, 4) is 23.0 Å².